The van der Waals surface area contributed by atoms with E-state index in [0.717, 1.165) is 30.7 Å². The van der Waals surface area contributed by atoms with E-state index in [-0.39, 0.29) is 5.91 Å². The van der Waals surface area contributed by atoms with Crippen molar-refractivity contribution in [3.8, 4) is 0 Å². The van der Waals surface area contributed by atoms with Gasteiger partial charge in [0.25, 0.3) is 0 Å². The molecule has 0 saturated heterocycles. The molecule has 2 rings (SSSR count). The Morgan fingerprint density at radius 2 is 2.10 bits per heavy atom. The number of carbonyl (C=O) groups excluding carboxylic acids is 1. The van der Waals surface area contributed by atoms with E-state index < -0.39 is 0 Å². The van der Waals surface area contributed by atoms with E-state index in [2.05, 4.69) is 17.6 Å². The molecule has 0 saturated carbocycles. The molecule has 0 aliphatic heterocycles. The zero-order chi connectivity index (χ0) is 15.1. The first-order valence-electron chi connectivity index (χ1n) is 7.61. The van der Waals surface area contributed by atoms with Crippen LogP contribution in [0.3, 0.4) is 0 Å². The number of furan rings is 1. The van der Waals surface area contributed by atoms with Gasteiger partial charge >= 0.3 is 0 Å². The summed E-state index contributed by atoms with van der Waals surface area (Å²) in [6.07, 6.45) is 7.45. The first kappa shape index (κ1) is 15.4. The Bertz CT molecular complexity index is 543. The summed E-state index contributed by atoms with van der Waals surface area (Å²) in [7, 11) is 2.00. The van der Waals surface area contributed by atoms with Gasteiger partial charge in [-0.1, -0.05) is 19.8 Å². The molecule has 0 N–H and O–H groups in total. The molecule has 0 spiro atoms. The lowest BCUT2D eigenvalue weighted by molar-refractivity contribution is -0.132. The van der Waals surface area contributed by atoms with Crippen molar-refractivity contribution < 1.29 is 9.21 Å². The molecule has 21 heavy (non-hydrogen) atoms. The molecule has 4 nitrogen and oxygen atoms in total. The lowest BCUT2D eigenvalue weighted by Crippen LogP contribution is -2.30. The monoisotopic (exact) mass is 288 g/mol. The summed E-state index contributed by atoms with van der Waals surface area (Å²) in [5.74, 6) is 1.02. The zero-order valence-corrected chi connectivity index (χ0v) is 12.9. The van der Waals surface area contributed by atoms with Gasteiger partial charge in [-0.05, 0) is 30.7 Å². The van der Waals surface area contributed by atoms with E-state index in [4.69, 9.17) is 4.42 Å². The van der Waals surface area contributed by atoms with E-state index in [1.54, 1.807) is 6.26 Å². The topological polar surface area (TPSA) is 38.4 Å². The molecule has 0 atom stereocenters. The maximum Gasteiger partial charge on any atom is 0.223 e. The van der Waals surface area contributed by atoms with E-state index in [1.165, 1.54) is 0 Å². The van der Waals surface area contributed by atoms with Gasteiger partial charge in [0.2, 0.25) is 5.91 Å². The van der Waals surface area contributed by atoms with Gasteiger partial charge in [0.05, 0.1) is 19.4 Å². The number of amides is 1. The van der Waals surface area contributed by atoms with Crippen LogP contribution in [0.5, 0.6) is 0 Å². The molecule has 2 aromatic rings. The van der Waals surface area contributed by atoms with Crippen molar-refractivity contribution >= 4 is 5.91 Å². The molecule has 0 aliphatic carbocycles. The number of nitrogens with zero attached hydrogens (tertiary/aromatic N) is 2. The summed E-state index contributed by atoms with van der Waals surface area (Å²) in [6.45, 7) is 3.30. The highest BCUT2D eigenvalue weighted by Gasteiger charge is 2.16. The van der Waals surface area contributed by atoms with Gasteiger partial charge in [-0.3, -0.25) is 4.79 Å². The van der Waals surface area contributed by atoms with Crippen molar-refractivity contribution in [2.45, 2.75) is 45.7 Å². The van der Waals surface area contributed by atoms with Gasteiger partial charge in [-0.25, -0.2) is 0 Å². The van der Waals surface area contributed by atoms with Gasteiger partial charge < -0.3 is 13.9 Å². The second-order valence-corrected chi connectivity index (χ2v) is 5.40. The molecule has 0 aromatic carbocycles. The molecule has 1 amide bonds. The van der Waals surface area contributed by atoms with E-state index in [0.29, 0.717) is 19.5 Å². The molecule has 0 radical (unpaired) electrons. The molecule has 0 aliphatic rings. The van der Waals surface area contributed by atoms with Crippen LogP contribution in [0.4, 0.5) is 0 Å². The van der Waals surface area contributed by atoms with Gasteiger partial charge in [0, 0.05) is 25.4 Å². The SMILES string of the molecule is CCCCCC(=O)N(Cc1ccco1)Cc1cccn1C. The molecule has 0 unspecified atom stereocenters. The molecule has 4 heteroatoms. The van der Waals surface area contributed by atoms with Crippen LogP contribution in [0, 0.1) is 0 Å². The third-order valence-electron chi connectivity index (χ3n) is 3.68. The van der Waals surface area contributed by atoms with Gasteiger partial charge in [-0.2, -0.15) is 0 Å². The minimum absolute atomic E-state index is 0.195. The Balaban J connectivity index is 2.02. The first-order valence-corrected chi connectivity index (χ1v) is 7.61. The highest BCUT2D eigenvalue weighted by molar-refractivity contribution is 5.76. The molecule has 0 fully saturated rings. The number of carbonyl (C=O) groups is 1. The second-order valence-electron chi connectivity index (χ2n) is 5.40. The van der Waals surface area contributed by atoms with E-state index in [1.807, 2.05) is 36.3 Å². The maximum absolute atomic E-state index is 12.5. The van der Waals surface area contributed by atoms with Crippen LogP contribution < -0.4 is 0 Å². The Hall–Kier alpha value is -1.97. The number of rotatable bonds is 8. The number of hydrogen-bond donors (Lipinski definition) is 0. The first-order chi connectivity index (χ1) is 10.2. The summed E-state index contributed by atoms with van der Waals surface area (Å²) in [4.78, 5) is 14.3. The smallest absolute Gasteiger partial charge is 0.223 e. The highest BCUT2D eigenvalue weighted by atomic mass is 16.3. The zero-order valence-electron chi connectivity index (χ0n) is 12.9. The fourth-order valence-electron chi connectivity index (χ4n) is 2.36. The molecular weight excluding hydrogens is 264 g/mol. The predicted molar refractivity (Wildman–Crippen MR) is 82.5 cm³/mol. The fourth-order valence-corrected chi connectivity index (χ4v) is 2.36. The second kappa shape index (κ2) is 7.72. The van der Waals surface area contributed by atoms with E-state index >= 15 is 0 Å². The van der Waals surface area contributed by atoms with Gasteiger partial charge in [0.1, 0.15) is 5.76 Å². The Morgan fingerprint density at radius 3 is 2.71 bits per heavy atom. The van der Waals surface area contributed by atoms with Crippen molar-refractivity contribution in [2.24, 2.45) is 7.05 Å². The third-order valence-corrected chi connectivity index (χ3v) is 3.68. The van der Waals surface area contributed by atoms with Crippen LogP contribution >= 0.6 is 0 Å². The van der Waals surface area contributed by atoms with Crippen LogP contribution in [0.25, 0.3) is 0 Å². The summed E-state index contributed by atoms with van der Waals surface area (Å²) in [5.41, 5.74) is 1.13. The quantitative estimate of drug-likeness (QED) is 0.694. The Morgan fingerprint density at radius 1 is 1.24 bits per heavy atom. The van der Waals surface area contributed by atoms with Crippen LogP contribution in [0.2, 0.25) is 0 Å². The van der Waals surface area contributed by atoms with Crippen molar-refractivity contribution in [1.82, 2.24) is 9.47 Å². The molecule has 2 aromatic heterocycles. The summed E-state index contributed by atoms with van der Waals surface area (Å²) >= 11 is 0. The van der Waals surface area contributed by atoms with Crippen molar-refractivity contribution in [3.05, 3.63) is 48.2 Å². The Labute approximate surface area is 126 Å². The molecular formula is C17H24N2O2. The standard InChI is InChI=1S/C17H24N2O2/c1-3-4-5-10-17(20)19(14-16-9-7-12-21-16)13-15-8-6-11-18(15)2/h6-9,11-12H,3-5,10,13-14H2,1-2H3. The summed E-state index contributed by atoms with van der Waals surface area (Å²) < 4.78 is 7.44. The fraction of sp³-hybridized carbons (Fsp3) is 0.471. The number of aryl methyl sites for hydroxylation is 1. The number of aromatic nitrogens is 1. The maximum atomic E-state index is 12.5. The normalized spacial score (nSPS) is 10.8. The summed E-state index contributed by atoms with van der Waals surface area (Å²) in [6, 6.07) is 7.82. The molecule has 114 valence electrons. The predicted octanol–water partition coefficient (Wildman–Crippen LogP) is 3.73. The van der Waals surface area contributed by atoms with E-state index in [9.17, 15) is 4.79 Å². The average molecular weight is 288 g/mol. The van der Waals surface area contributed by atoms with Crippen molar-refractivity contribution in [1.29, 1.82) is 0 Å². The average Bonchev–Trinajstić information content (AvgIpc) is 3.11. The minimum Gasteiger partial charge on any atom is -0.467 e. The minimum atomic E-state index is 0.195. The van der Waals surface area contributed by atoms with Crippen LogP contribution in [-0.4, -0.2) is 15.4 Å². The van der Waals surface area contributed by atoms with Gasteiger partial charge in [0.15, 0.2) is 0 Å². The number of unbranched alkanes of at least 4 members (excludes halogenated alkanes) is 2. The van der Waals surface area contributed by atoms with Crippen LogP contribution in [0.1, 0.15) is 44.1 Å². The van der Waals surface area contributed by atoms with Crippen LogP contribution in [-0.2, 0) is 24.9 Å². The van der Waals surface area contributed by atoms with Gasteiger partial charge in [-0.15, -0.1) is 0 Å². The summed E-state index contributed by atoms with van der Waals surface area (Å²) in [5, 5.41) is 0. The lowest BCUT2D eigenvalue weighted by atomic mass is 10.2. The third kappa shape index (κ3) is 4.52. The van der Waals surface area contributed by atoms with Crippen molar-refractivity contribution in [2.75, 3.05) is 0 Å². The molecule has 2 heterocycles. The number of hydrogen-bond acceptors (Lipinski definition) is 2. The largest absolute Gasteiger partial charge is 0.467 e. The Kier molecular flexibility index (Phi) is 5.67. The highest BCUT2D eigenvalue weighted by Crippen LogP contribution is 2.13. The molecule has 0 bridgehead atoms. The lowest BCUT2D eigenvalue weighted by Gasteiger charge is -2.22. The van der Waals surface area contributed by atoms with Crippen LogP contribution in [0.15, 0.2) is 41.1 Å². The van der Waals surface area contributed by atoms with Crippen molar-refractivity contribution in [3.63, 3.8) is 0 Å².